The maximum absolute atomic E-state index is 13.0. The van der Waals surface area contributed by atoms with Crippen LogP contribution in [0.1, 0.15) is 44.0 Å². The van der Waals surface area contributed by atoms with Gasteiger partial charge < -0.3 is 19.7 Å². The highest BCUT2D eigenvalue weighted by Gasteiger charge is 2.45. The highest BCUT2D eigenvalue weighted by Crippen LogP contribution is 2.33. The Kier molecular flexibility index (Phi) is 5.35. The van der Waals surface area contributed by atoms with Crippen molar-refractivity contribution in [3.8, 4) is 0 Å². The number of nitrogens with zero attached hydrogens (tertiary/aromatic N) is 1. The molecular formula is C20H26N2O5. The highest BCUT2D eigenvalue weighted by molar-refractivity contribution is 6.10. The molecule has 0 radical (unpaired) electrons. The van der Waals surface area contributed by atoms with Crippen LogP contribution in [0.2, 0.25) is 0 Å². The number of piperidine rings is 1. The van der Waals surface area contributed by atoms with Gasteiger partial charge >= 0.3 is 0 Å². The fourth-order valence-electron chi connectivity index (χ4n) is 3.43. The van der Waals surface area contributed by atoms with Crippen molar-refractivity contribution in [3.05, 3.63) is 29.8 Å². The molecule has 1 aromatic carbocycles. The van der Waals surface area contributed by atoms with E-state index in [1.807, 2.05) is 0 Å². The lowest BCUT2D eigenvalue weighted by molar-refractivity contribution is -0.189. The Morgan fingerprint density at radius 1 is 1.11 bits per heavy atom. The van der Waals surface area contributed by atoms with Gasteiger partial charge in [0.2, 0.25) is 11.8 Å². The largest absolute Gasteiger partial charge is 0.347 e. The first-order valence-corrected chi connectivity index (χ1v) is 9.23. The normalized spacial score (nSPS) is 19.1. The number of rotatable bonds is 4. The minimum Gasteiger partial charge on any atom is -0.347 e. The topological polar surface area (TPSA) is 84.9 Å². The third-order valence-electron chi connectivity index (χ3n) is 5.26. The number of carbonyl (C=O) groups excluding carboxylic acids is 3. The number of Topliss-reactive ketones (excluding diaryl/α,β-unsaturated/α-hetero) is 1. The van der Waals surface area contributed by atoms with Gasteiger partial charge in [0.25, 0.3) is 0 Å². The van der Waals surface area contributed by atoms with E-state index in [1.165, 1.54) is 6.92 Å². The summed E-state index contributed by atoms with van der Waals surface area (Å²) in [5.74, 6) is -1.27. The molecule has 1 N–H and O–H groups in total. The zero-order valence-corrected chi connectivity index (χ0v) is 16.0. The van der Waals surface area contributed by atoms with Gasteiger partial charge in [-0.2, -0.15) is 0 Å². The molecule has 0 saturated carbocycles. The molecule has 2 heterocycles. The van der Waals surface area contributed by atoms with Crippen LogP contribution in [0.4, 0.5) is 5.69 Å². The van der Waals surface area contributed by atoms with Crippen LogP contribution in [0.5, 0.6) is 0 Å². The number of ketones is 1. The van der Waals surface area contributed by atoms with Gasteiger partial charge in [-0.25, -0.2) is 0 Å². The lowest BCUT2D eigenvalue weighted by Gasteiger charge is -2.40. The molecular weight excluding hydrogens is 348 g/mol. The van der Waals surface area contributed by atoms with Gasteiger partial charge in [0.05, 0.1) is 13.2 Å². The van der Waals surface area contributed by atoms with Crippen molar-refractivity contribution in [1.29, 1.82) is 0 Å². The lowest BCUT2D eigenvalue weighted by Crippen LogP contribution is -2.53. The molecule has 0 aromatic heterocycles. The molecule has 27 heavy (non-hydrogen) atoms. The fourth-order valence-corrected chi connectivity index (χ4v) is 3.43. The van der Waals surface area contributed by atoms with E-state index in [2.05, 4.69) is 5.32 Å². The Hall–Kier alpha value is -2.25. The zero-order chi connectivity index (χ0) is 19.7. The third kappa shape index (κ3) is 4.04. The van der Waals surface area contributed by atoms with Crippen LogP contribution in [0.25, 0.3) is 0 Å². The summed E-state index contributed by atoms with van der Waals surface area (Å²) in [5, 5.41) is 2.76. The number of nitrogens with one attached hydrogen (secondary N) is 1. The molecule has 0 unspecified atom stereocenters. The summed E-state index contributed by atoms with van der Waals surface area (Å²) in [5.41, 5.74) is -0.220. The van der Waals surface area contributed by atoms with Crippen molar-refractivity contribution in [2.75, 3.05) is 31.6 Å². The minimum absolute atomic E-state index is 0.0833. The first-order chi connectivity index (χ1) is 12.7. The molecule has 0 bridgehead atoms. The molecule has 146 valence electrons. The molecule has 2 aliphatic rings. The zero-order valence-electron chi connectivity index (χ0n) is 16.0. The molecule has 2 amide bonds. The van der Waals surface area contributed by atoms with Gasteiger partial charge in [-0.1, -0.05) is 12.1 Å². The van der Waals surface area contributed by atoms with E-state index in [4.69, 9.17) is 9.47 Å². The third-order valence-corrected chi connectivity index (χ3v) is 5.26. The van der Waals surface area contributed by atoms with E-state index in [0.717, 1.165) is 0 Å². The molecule has 2 aliphatic heterocycles. The Bertz CT molecular complexity index is 742. The van der Waals surface area contributed by atoms with Crippen LogP contribution in [0.3, 0.4) is 0 Å². The Morgan fingerprint density at radius 3 is 2.33 bits per heavy atom. The number of hydrogen-bond acceptors (Lipinski definition) is 5. The minimum atomic E-state index is -1.23. The average Bonchev–Trinajstić information content (AvgIpc) is 3.10. The van der Waals surface area contributed by atoms with Gasteiger partial charge in [0.15, 0.2) is 11.6 Å². The Morgan fingerprint density at radius 2 is 1.74 bits per heavy atom. The molecule has 1 aromatic rings. The van der Waals surface area contributed by atoms with Crippen LogP contribution in [-0.2, 0) is 19.1 Å². The molecule has 2 saturated heterocycles. The second kappa shape index (κ2) is 7.40. The van der Waals surface area contributed by atoms with Crippen LogP contribution in [0.15, 0.2) is 24.3 Å². The van der Waals surface area contributed by atoms with Crippen LogP contribution in [0, 0.1) is 5.41 Å². The maximum atomic E-state index is 13.0. The molecule has 0 atom stereocenters. The van der Waals surface area contributed by atoms with Crippen molar-refractivity contribution < 1.29 is 23.9 Å². The van der Waals surface area contributed by atoms with Gasteiger partial charge in [-0.15, -0.1) is 0 Å². The summed E-state index contributed by atoms with van der Waals surface area (Å²) in [7, 11) is 0. The smallest absolute Gasteiger partial charge is 0.239 e. The number of likely N-dealkylation sites (tertiary alicyclic amines) is 1. The predicted octanol–water partition coefficient (Wildman–Crippen LogP) is 2.22. The van der Waals surface area contributed by atoms with E-state index in [0.29, 0.717) is 50.4 Å². The van der Waals surface area contributed by atoms with Crippen molar-refractivity contribution >= 4 is 23.3 Å². The summed E-state index contributed by atoms with van der Waals surface area (Å²) in [6.07, 6.45) is 1.22. The first kappa shape index (κ1) is 19.5. The van der Waals surface area contributed by atoms with Gasteiger partial charge in [0.1, 0.15) is 5.41 Å². The monoisotopic (exact) mass is 374 g/mol. The Labute approximate surface area is 159 Å². The van der Waals surface area contributed by atoms with Gasteiger partial charge in [0, 0.05) is 37.2 Å². The number of benzene rings is 1. The summed E-state index contributed by atoms with van der Waals surface area (Å²) in [4.78, 5) is 38.9. The van der Waals surface area contributed by atoms with E-state index >= 15 is 0 Å². The summed E-state index contributed by atoms with van der Waals surface area (Å²) in [6, 6.07) is 6.70. The van der Waals surface area contributed by atoms with Crippen LogP contribution >= 0.6 is 0 Å². The van der Waals surface area contributed by atoms with Gasteiger partial charge in [-0.05, 0) is 32.9 Å². The molecule has 7 nitrogen and oxygen atoms in total. The summed E-state index contributed by atoms with van der Waals surface area (Å²) >= 11 is 0. The van der Waals surface area contributed by atoms with Crippen molar-refractivity contribution in [2.45, 2.75) is 39.4 Å². The first-order valence-electron chi connectivity index (χ1n) is 9.23. The molecule has 3 rings (SSSR count). The van der Waals surface area contributed by atoms with Crippen molar-refractivity contribution in [1.82, 2.24) is 4.90 Å². The summed E-state index contributed by atoms with van der Waals surface area (Å²) in [6.45, 7) is 6.86. The molecule has 0 aliphatic carbocycles. The summed E-state index contributed by atoms with van der Waals surface area (Å²) < 4.78 is 11.4. The van der Waals surface area contributed by atoms with Crippen molar-refractivity contribution in [2.24, 2.45) is 5.41 Å². The molecule has 2 fully saturated rings. The number of amides is 2. The quantitative estimate of drug-likeness (QED) is 0.645. The maximum Gasteiger partial charge on any atom is 0.239 e. The predicted molar refractivity (Wildman–Crippen MR) is 99.3 cm³/mol. The standard InChI is InChI=1S/C20H26N2O5/c1-14(23)15-5-4-6-16(13-15)21-17(24)19(2,3)18(25)22-9-7-20(8-10-22)26-11-12-27-20/h4-6,13H,7-12H2,1-3H3,(H,21,24). The fraction of sp³-hybridized carbons (Fsp3) is 0.550. The second-order valence-electron chi connectivity index (χ2n) is 7.62. The van der Waals surface area contributed by atoms with E-state index in [9.17, 15) is 14.4 Å². The number of hydrogen-bond donors (Lipinski definition) is 1. The second-order valence-corrected chi connectivity index (χ2v) is 7.62. The Balaban J connectivity index is 1.64. The van der Waals surface area contributed by atoms with E-state index in [-0.39, 0.29) is 11.7 Å². The van der Waals surface area contributed by atoms with E-state index in [1.54, 1.807) is 43.0 Å². The average molecular weight is 374 g/mol. The van der Waals surface area contributed by atoms with E-state index < -0.39 is 17.1 Å². The van der Waals surface area contributed by atoms with Crippen LogP contribution in [-0.4, -0.2) is 54.6 Å². The van der Waals surface area contributed by atoms with Crippen molar-refractivity contribution in [3.63, 3.8) is 0 Å². The lowest BCUT2D eigenvalue weighted by atomic mass is 9.88. The van der Waals surface area contributed by atoms with Crippen LogP contribution < -0.4 is 5.32 Å². The SMILES string of the molecule is CC(=O)c1cccc(NC(=O)C(C)(C)C(=O)N2CCC3(CC2)OCCO3)c1. The number of ether oxygens (including phenoxy) is 2. The highest BCUT2D eigenvalue weighted by atomic mass is 16.7. The molecule has 7 heteroatoms. The van der Waals surface area contributed by atoms with Gasteiger partial charge in [-0.3, -0.25) is 14.4 Å². The number of carbonyl (C=O) groups is 3. The number of anilines is 1. The molecule has 1 spiro atoms.